The quantitative estimate of drug-likeness (QED) is 0.230. The van der Waals surface area contributed by atoms with Crippen LogP contribution in [0.3, 0.4) is 0 Å². The molecule has 0 aliphatic rings. The lowest BCUT2D eigenvalue weighted by Gasteiger charge is -2.09. The van der Waals surface area contributed by atoms with Crippen molar-refractivity contribution in [3.63, 3.8) is 0 Å². The van der Waals surface area contributed by atoms with Gasteiger partial charge in [0.05, 0.1) is 6.85 Å². The molecule has 0 N–H and O–H groups in total. The first-order valence-electron chi connectivity index (χ1n) is 14.9. The van der Waals surface area contributed by atoms with Crippen LogP contribution in [0.15, 0.2) is 133 Å². The van der Waals surface area contributed by atoms with Gasteiger partial charge in [-0.3, -0.25) is 0 Å². The van der Waals surface area contributed by atoms with E-state index in [1.807, 2.05) is 54.6 Å². The second-order valence-electron chi connectivity index (χ2n) is 9.13. The first-order chi connectivity index (χ1) is 21.3. The number of benzene rings is 6. The molecule has 1 heterocycles. The Hall–Kier alpha value is -4.86. The van der Waals surface area contributed by atoms with E-state index in [-0.39, 0.29) is 35.0 Å². The Morgan fingerprint density at radius 1 is 0.487 bits per heavy atom. The molecule has 0 saturated carbocycles. The summed E-state index contributed by atoms with van der Waals surface area (Å²) < 4.78 is 40.5. The van der Waals surface area contributed by atoms with Crippen LogP contribution in [0.25, 0.3) is 66.6 Å². The molecule has 0 bridgehead atoms. The van der Waals surface area contributed by atoms with Gasteiger partial charge in [-0.15, -0.1) is 0 Å². The van der Waals surface area contributed by atoms with Crippen molar-refractivity contribution in [3.05, 3.63) is 139 Å². The van der Waals surface area contributed by atoms with Crippen LogP contribution in [-0.4, -0.2) is 15.0 Å². The number of rotatable bonds is 4. The van der Waals surface area contributed by atoms with E-state index in [4.69, 9.17) is 23.4 Å². The van der Waals surface area contributed by atoms with Gasteiger partial charge in [0.15, 0.2) is 11.6 Å². The normalized spacial score (nSPS) is 13.0. The number of hydrogen-bond donors (Lipinski definition) is 0. The van der Waals surface area contributed by atoms with Crippen LogP contribution in [-0.2, 0) is 0 Å². The molecule has 39 heavy (non-hydrogen) atoms. The standard InChI is InChI=1S/C35H22ClN3/c36-35-38-33(26-15-13-25(14-16-26)32-12-6-10-24-9-4-5-11-31(24)32)37-34(39-35)30-20-19-28-21-27(17-18-29(28)22-30)23-7-2-1-3-8-23/h1-22H/i1D,2D,3D,7D,8D. The van der Waals surface area contributed by atoms with Crippen molar-refractivity contribution in [1.82, 2.24) is 15.0 Å². The topological polar surface area (TPSA) is 38.7 Å². The molecule has 0 amide bonds. The molecule has 1 aromatic heterocycles. The Morgan fingerprint density at radius 2 is 1.10 bits per heavy atom. The van der Waals surface area contributed by atoms with Gasteiger partial charge in [0.25, 0.3) is 0 Å². The Balaban J connectivity index is 1.23. The lowest BCUT2D eigenvalue weighted by molar-refractivity contribution is 1.07. The molecule has 0 unspecified atom stereocenters. The van der Waals surface area contributed by atoms with Crippen LogP contribution in [0, 0.1) is 0 Å². The van der Waals surface area contributed by atoms with Crippen molar-refractivity contribution in [2.24, 2.45) is 0 Å². The number of halogens is 1. The van der Waals surface area contributed by atoms with Crippen LogP contribution in [0.5, 0.6) is 0 Å². The molecule has 0 atom stereocenters. The molecule has 0 saturated heterocycles. The second kappa shape index (κ2) is 9.79. The molecule has 0 aliphatic heterocycles. The van der Waals surface area contributed by atoms with Crippen LogP contribution in [0.4, 0.5) is 0 Å². The average Bonchev–Trinajstić information content (AvgIpc) is 3.06. The monoisotopic (exact) mass is 524 g/mol. The fraction of sp³-hybridized carbons (Fsp3) is 0. The first-order valence-corrected chi connectivity index (χ1v) is 12.8. The summed E-state index contributed by atoms with van der Waals surface area (Å²) in [6.07, 6.45) is 0. The van der Waals surface area contributed by atoms with Crippen molar-refractivity contribution in [2.75, 3.05) is 0 Å². The summed E-state index contributed by atoms with van der Waals surface area (Å²) in [6.45, 7) is 0. The molecule has 4 heteroatoms. The van der Waals surface area contributed by atoms with Gasteiger partial charge < -0.3 is 0 Å². The molecule has 3 nitrogen and oxygen atoms in total. The third-order valence-electron chi connectivity index (χ3n) is 6.74. The first kappa shape index (κ1) is 18.4. The third kappa shape index (κ3) is 4.54. The Labute approximate surface area is 238 Å². The average molecular weight is 525 g/mol. The molecule has 7 aromatic rings. The zero-order chi connectivity index (χ0) is 30.5. The van der Waals surface area contributed by atoms with Gasteiger partial charge in [-0.25, -0.2) is 4.98 Å². The lowest BCUT2D eigenvalue weighted by atomic mass is 9.97. The van der Waals surface area contributed by atoms with E-state index >= 15 is 0 Å². The van der Waals surface area contributed by atoms with E-state index in [2.05, 4.69) is 52.4 Å². The van der Waals surface area contributed by atoms with E-state index in [0.717, 1.165) is 33.0 Å². The molecule has 184 valence electrons. The fourth-order valence-corrected chi connectivity index (χ4v) is 4.98. The molecular formula is C35H22ClN3. The van der Waals surface area contributed by atoms with Gasteiger partial charge in [-0.1, -0.05) is 121 Å². The number of nitrogens with zero attached hydrogens (tertiary/aromatic N) is 3. The van der Waals surface area contributed by atoms with E-state index in [0.29, 0.717) is 17.2 Å². The van der Waals surface area contributed by atoms with Crippen molar-refractivity contribution in [1.29, 1.82) is 0 Å². The summed E-state index contributed by atoms with van der Waals surface area (Å²) in [5, 5.41) is 4.16. The summed E-state index contributed by atoms with van der Waals surface area (Å²) in [5.74, 6) is 0.885. The highest BCUT2D eigenvalue weighted by molar-refractivity contribution is 6.28. The van der Waals surface area contributed by atoms with Crippen LogP contribution in [0.1, 0.15) is 6.85 Å². The summed E-state index contributed by atoms with van der Waals surface area (Å²) >= 11 is 6.37. The largest absolute Gasteiger partial charge is 0.226 e. The van der Waals surface area contributed by atoms with Crippen molar-refractivity contribution in [2.45, 2.75) is 0 Å². The maximum absolute atomic E-state index is 8.32. The minimum absolute atomic E-state index is 0.0831. The Morgan fingerprint density at radius 3 is 1.90 bits per heavy atom. The fourth-order valence-electron chi connectivity index (χ4n) is 4.82. The van der Waals surface area contributed by atoms with Crippen molar-refractivity contribution < 1.29 is 6.85 Å². The van der Waals surface area contributed by atoms with Crippen LogP contribution < -0.4 is 0 Å². The highest BCUT2D eigenvalue weighted by Crippen LogP contribution is 2.31. The maximum Gasteiger partial charge on any atom is 0.226 e. The predicted octanol–water partition coefficient (Wildman–Crippen LogP) is 9.50. The van der Waals surface area contributed by atoms with Gasteiger partial charge in [0.2, 0.25) is 5.28 Å². The minimum Gasteiger partial charge on any atom is -0.208 e. The second-order valence-corrected chi connectivity index (χ2v) is 9.47. The lowest BCUT2D eigenvalue weighted by Crippen LogP contribution is -1.97. The number of aromatic nitrogens is 3. The third-order valence-corrected chi connectivity index (χ3v) is 6.91. The molecule has 7 rings (SSSR count). The summed E-state index contributed by atoms with van der Waals surface area (Å²) in [4.78, 5) is 13.5. The van der Waals surface area contributed by atoms with Crippen molar-refractivity contribution >= 4 is 33.1 Å². The number of fused-ring (bicyclic) bond motifs is 2. The minimum atomic E-state index is -0.412. The van der Waals surface area contributed by atoms with E-state index in [9.17, 15) is 0 Å². The zero-order valence-electron chi connectivity index (χ0n) is 25.5. The predicted molar refractivity (Wildman–Crippen MR) is 162 cm³/mol. The smallest absolute Gasteiger partial charge is 0.208 e. The highest BCUT2D eigenvalue weighted by Gasteiger charge is 2.12. The molecule has 0 spiro atoms. The van der Waals surface area contributed by atoms with Crippen LogP contribution in [0.2, 0.25) is 5.28 Å². The summed E-state index contributed by atoms with van der Waals surface area (Å²) in [6, 6.07) is 32.2. The van der Waals surface area contributed by atoms with E-state index in [1.165, 1.54) is 10.8 Å². The Bertz CT molecular complexity index is 2220. The highest BCUT2D eigenvalue weighted by atomic mass is 35.5. The van der Waals surface area contributed by atoms with E-state index < -0.39 is 6.04 Å². The zero-order valence-corrected chi connectivity index (χ0v) is 21.3. The van der Waals surface area contributed by atoms with Gasteiger partial charge in [-0.2, -0.15) is 9.97 Å². The molecular weight excluding hydrogens is 498 g/mol. The molecule has 6 aromatic carbocycles. The van der Waals surface area contributed by atoms with E-state index in [1.54, 1.807) is 6.07 Å². The molecule has 0 radical (unpaired) electrons. The Kier molecular flexibility index (Phi) is 4.62. The van der Waals surface area contributed by atoms with Crippen LogP contribution >= 0.6 is 11.6 Å². The molecule has 0 aliphatic carbocycles. The summed E-state index contributed by atoms with van der Waals surface area (Å²) in [5.41, 5.74) is 4.50. The van der Waals surface area contributed by atoms with Gasteiger partial charge in [0.1, 0.15) is 0 Å². The van der Waals surface area contributed by atoms with Gasteiger partial charge in [-0.05, 0) is 67.5 Å². The van der Waals surface area contributed by atoms with Gasteiger partial charge in [0, 0.05) is 11.1 Å². The summed E-state index contributed by atoms with van der Waals surface area (Å²) in [7, 11) is 0. The maximum atomic E-state index is 8.32. The molecule has 0 fully saturated rings. The SMILES string of the molecule is [2H]c1c([2H])c([2H])c(-c2ccc3cc(-c4nc(Cl)nc(-c5ccc(-c6cccc7ccccc67)cc5)n4)ccc3c2)c([2H])c1[2H]. The number of hydrogen-bond acceptors (Lipinski definition) is 3. The van der Waals surface area contributed by atoms with Crippen molar-refractivity contribution in [3.8, 4) is 45.0 Å². The van der Waals surface area contributed by atoms with Gasteiger partial charge >= 0.3 is 0 Å².